The molecule has 1 aromatic heterocycles. The number of nitrogens with zero attached hydrogens (tertiary/aromatic N) is 2. The van der Waals surface area contributed by atoms with Crippen molar-refractivity contribution in [2.24, 2.45) is 11.8 Å². The van der Waals surface area contributed by atoms with Gasteiger partial charge in [-0.25, -0.2) is 4.79 Å². The number of carboxylic acid groups (broad SMARTS) is 1. The van der Waals surface area contributed by atoms with E-state index in [4.69, 9.17) is 9.84 Å². The molecular formula is C29H32N2O4. The lowest BCUT2D eigenvalue weighted by atomic mass is 9.73. The third-order valence-corrected chi connectivity index (χ3v) is 7.04. The van der Waals surface area contributed by atoms with Gasteiger partial charge >= 0.3 is 5.97 Å². The summed E-state index contributed by atoms with van der Waals surface area (Å²) in [6, 6.07) is 17.3. The second-order valence-electron chi connectivity index (χ2n) is 9.06. The lowest BCUT2D eigenvalue weighted by Gasteiger charge is -2.50. The van der Waals surface area contributed by atoms with E-state index in [1.807, 2.05) is 54.6 Å². The van der Waals surface area contributed by atoms with Crippen molar-refractivity contribution in [3.63, 3.8) is 0 Å². The summed E-state index contributed by atoms with van der Waals surface area (Å²) in [5.41, 5.74) is 2.74. The Labute approximate surface area is 206 Å². The maximum Gasteiger partial charge on any atom is 0.328 e. The first kappa shape index (κ1) is 24.6. The van der Waals surface area contributed by atoms with Crippen LogP contribution in [0.25, 0.3) is 17.0 Å². The summed E-state index contributed by atoms with van der Waals surface area (Å²) in [5.74, 6) is 1.08. The van der Waals surface area contributed by atoms with Crippen LogP contribution in [-0.2, 0) is 4.79 Å². The number of carbonyl (C=O) groups is 1. The molecule has 6 nitrogen and oxygen atoms in total. The first-order valence-electron chi connectivity index (χ1n) is 11.9. The van der Waals surface area contributed by atoms with Crippen LogP contribution in [-0.4, -0.2) is 52.3 Å². The lowest BCUT2D eigenvalue weighted by molar-refractivity contribution is -0.131. The topological polar surface area (TPSA) is 82.9 Å². The molecule has 0 aliphatic carbocycles. The van der Waals surface area contributed by atoms with Crippen LogP contribution in [0.2, 0.25) is 0 Å². The van der Waals surface area contributed by atoms with Gasteiger partial charge in [-0.15, -0.1) is 6.58 Å². The Morgan fingerprint density at radius 2 is 2.03 bits per heavy atom. The van der Waals surface area contributed by atoms with E-state index in [1.54, 1.807) is 19.4 Å². The van der Waals surface area contributed by atoms with Crippen molar-refractivity contribution >= 4 is 22.9 Å². The summed E-state index contributed by atoms with van der Waals surface area (Å²) in [6.07, 6.45) is 8.30. The van der Waals surface area contributed by atoms with Gasteiger partial charge in [-0.1, -0.05) is 36.4 Å². The molecule has 5 atom stereocenters. The number of hydrogen-bond donors (Lipinski definition) is 2. The molecule has 3 saturated heterocycles. The van der Waals surface area contributed by atoms with Crippen LogP contribution >= 0.6 is 0 Å². The second kappa shape index (κ2) is 11.3. The number of carboxylic acids is 1. The molecule has 1 unspecified atom stereocenters. The zero-order chi connectivity index (χ0) is 24.8. The molecule has 2 bridgehead atoms. The minimum absolute atomic E-state index is 0.178. The number of fused-ring (bicyclic) bond motifs is 4. The molecule has 6 rings (SSSR count). The zero-order valence-electron chi connectivity index (χ0n) is 20.0. The molecule has 2 aromatic carbocycles. The summed E-state index contributed by atoms with van der Waals surface area (Å²) in [7, 11) is 1.66. The third-order valence-electron chi connectivity index (χ3n) is 7.04. The summed E-state index contributed by atoms with van der Waals surface area (Å²) in [5, 5.41) is 20.4. The Bertz CT molecular complexity index is 1190. The first-order valence-corrected chi connectivity index (χ1v) is 11.9. The van der Waals surface area contributed by atoms with Crippen molar-refractivity contribution < 1.29 is 19.7 Å². The molecule has 3 aliphatic heterocycles. The molecule has 35 heavy (non-hydrogen) atoms. The Morgan fingerprint density at radius 3 is 2.69 bits per heavy atom. The zero-order valence-corrected chi connectivity index (χ0v) is 20.0. The average molecular weight is 473 g/mol. The monoisotopic (exact) mass is 472 g/mol. The molecule has 0 spiro atoms. The largest absolute Gasteiger partial charge is 0.497 e. The van der Waals surface area contributed by atoms with Crippen molar-refractivity contribution in [2.75, 3.05) is 20.2 Å². The quantitative estimate of drug-likeness (QED) is 0.390. The van der Waals surface area contributed by atoms with E-state index >= 15 is 0 Å². The number of piperidine rings is 3. The molecule has 182 valence electrons. The van der Waals surface area contributed by atoms with E-state index < -0.39 is 12.1 Å². The highest BCUT2D eigenvalue weighted by molar-refractivity contribution is 5.85. The second-order valence-corrected chi connectivity index (χ2v) is 9.06. The number of aliphatic hydroxyl groups excluding tert-OH is 1. The molecule has 0 radical (unpaired) electrons. The lowest BCUT2D eigenvalue weighted by Crippen LogP contribution is -2.54. The van der Waals surface area contributed by atoms with Crippen LogP contribution in [0.1, 0.15) is 30.1 Å². The number of benzene rings is 2. The van der Waals surface area contributed by atoms with Gasteiger partial charge in [0, 0.05) is 30.2 Å². The summed E-state index contributed by atoms with van der Waals surface area (Å²) >= 11 is 0. The molecule has 2 N–H and O–H groups in total. The number of rotatable bonds is 6. The molecule has 3 aliphatic rings. The maximum atomic E-state index is 11.2. The van der Waals surface area contributed by atoms with Gasteiger partial charge in [-0.3, -0.25) is 9.88 Å². The summed E-state index contributed by atoms with van der Waals surface area (Å²) in [4.78, 5) is 16.9. The Kier molecular flexibility index (Phi) is 7.95. The average Bonchev–Trinajstić information content (AvgIpc) is 2.92. The van der Waals surface area contributed by atoms with Crippen molar-refractivity contribution in [1.29, 1.82) is 0 Å². The summed E-state index contributed by atoms with van der Waals surface area (Å²) < 4.78 is 5.35. The van der Waals surface area contributed by atoms with Gasteiger partial charge in [-0.2, -0.15) is 0 Å². The molecule has 3 fully saturated rings. The van der Waals surface area contributed by atoms with Gasteiger partial charge in [0.1, 0.15) is 5.75 Å². The van der Waals surface area contributed by atoms with E-state index in [0.29, 0.717) is 11.8 Å². The molecule has 0 saturated carbocycles. The van der Waals surface area contributed by atoms with Crippen LogP contribution in [0.15, 0.2) is 79.5 Å². The van der Waals surface area contributed by atoms with Crippen LogP contribution in [0.5, 0.6) is 5.75 Å². The standard InChI is InChI=1S/C20H24N2O2.C9H8O2/c1-3-13-12-22-9-7-14(13)10-19(22)20(23)16-6-8-21-18-5-4-15(24-2)11-17(16)18;10-9(11)7-6-8-4-2-1-3-5-8/h3-6,8,11,13-14,19-20,23H,1,7,9-10,12H2,2H3;1-7H,(H,10,11)/t13-,14-,19-,20+;/m0./s1. The van der Waals surface area contributed by atoms with Gasteiger partial charge in [-0.05, 0) is 72.7 Å². The van der Waals surface area contributed by atoms with Crippen LogP contribution < -0.4 is 4.74 Å². The Hall–Kier alpha value is -3.48. The van der Waals surface area contributed by atoms with Crippen LogP contribution in [0, 0.1) is 11.8 Å². The molecule has 0 amide bonds. The number of aliphatic carboxylic acids is 1. The minimum atomic E-state index is -0.922. The van der Waals surface area contributed by atoms with Crippen molar-refractivity contribution in [2.45, 2.75) is 25.0 Å². The van der Waals surface area contributed by atoms with Crippen molar-refractivity contribution in [3.05, 3.63) is 90.7 Å². The molecular weight excluding hydrogens is 440 g/mol. The van der Waals surface area contributed by atoms with E-state index in [0.717, 1.165) is 53.4 Å². The number of aromatic nitrogens is 1. The Balaban J connectivity index is 0.000000221. The minimum Gasteiger partial charge on any atom is -0.497 e. The van der Waals surface area contributed by atoms with E-state index in [2.05, 4.69) is 22.5 Å². The fourth-order valence-corrected chi connectivity index (χ4v) is 5.18. The first-order chi connectivity index (χ1) is 17.0. The van der Waals surface area contributed by atoms with Gasteiger partial charge in [0.15, 0.2) is 0 Å². The highest BCUT2D eigenvalue weighted by Crippen LogP contribution is 2.42. The van der Waals surface area contributed by atoms with E-state index in [1.165, 1.54) is 6.42 Å². The predicted octanol–water partition coefficient (Wildman–Crippen LogP) is 4.96. The summed E-state index contributed by atoms with van der Waals surface area (Å²) in [6.45, 7) is 6.07. The number of ether oxygens (including phenoxy) is 1. The fraction of sp³-hybridized carbons (Fsp3) is 0.310. The van der Waals surface area contributed by atoms with Crippen molar-refractivity contribution in [3.8, 4) is 5.75 Å². The number of hydrogen-bond acceptors (Lipinski definition) is 5. The normalized spacial score (nSPS) is 23.9. The van der Waals surface area contributed by atoms with Gasteiger partial charge < -0.3 is 14.9 Å². The van der Waals surface area contributed by atoms with Gasteiger partial charge in [0.05, 0.1) is 18.7 Å². The SMILES string of the molecule is C=C[C@H]1CN2CC[C@H]1C[C@H]2[C@H](O)c1ccnc2ccc(OC)cc12.O=C(O)C=Cc1ccccc1. The number of aliphatic hydroxyl groups is 1. The predicted molar refractivity (Wildman–Crippen MR) is 138 cm³/mol. The maximum absolute atomic E-state index is 11.2. The van der Waals surface area contributed by atoms with Crippen LogP contribution in [0.3, 0.4) is 0 Å². The van der Waals surface area contributed by atoms with Gasteiger partial charge in [0.25, 0.3) is 0 Å². The molecule has 4 heterocycles. The number of methoxy groups -OCH3 is 1. The third kappa shape index (κ3) is 5.78. The smallest absolute Gasteiger partial charge is 0.328 e. The van der Waals surface area contributed by atoms with Crippen LogP contribution in [0.4, 0.5) is 0 Å². The van der Waals surface area contributed by atoms with Crippen molar-refractivity contribution in [1.82, 2.24) is 9.88 Å². The van der Waals surface area contributed by atoms with E-state index in [-0.39, 0.29) is 6.04 Å². The highest BCUT2D eigenvalue weighted by atomic mass is 16.5. The van der Waals surface area contributed by atoms with E-state index in [9.17, 15) is 9.90 Å². The number of pyridine rings is 1. The fourth-order valence-electron chi connectivity index (χ4n) is 5.18. The van der Waals surface area contributed by atoms with Gasteiger partial charge in [0.2, 0.25) is 0 Å². The Morgan fingerprint density at radius 1 is 1.23 bits per heavy atom. The highest BCUT2D eigenvalue weighted by Gasteiger charge is 2.42. The molecule has 6 heteroatoms. The molecule has 3 aromatic rings.